The molecule has 0 N–H and O–H groups in total. The third kappa shape index (κ3) is 1.38. The van der Waals surface area contributed by atoms with Gasteiger partial charge in [-0.15, -0.1) is 0 Å². The molecule has 0 heterocycles. The van der Waals surface area contributed by atoms with Gasteiger partial charge in [-0.1, -0.05) is 12.8 Å². The van der Waals surface area contributed by atoms with Gasteiger partial charge in [0.05, 0.1) is 0 Å². The molecule has 0 amide bonds. The Morgan fingerprint density at radius 2 is 1.22 bits per heavy atom. The summed E-state index contributed by atoms with van der Waals surface area (Å²) >= 11 is 0. The molecule has 0 spiro atoms. The SMILES string of the molecule is CN(C)C1(C23CC4CC(CC(C4)C2)C3)CCCC1. The van der Waals surface area contributed by atoms with E-state index in [2.05, 4.69) is 19.0 Å². The Balaban J connectivity index is 1.73. The van der Waals surface area contributed by atoms with Gasteiger partial charge in [0.2, 0.25) is 0 Å². The summed E-state index contributed by atoms with van der Waals surface area (Å²) in [4.78, 5) is 2.66. The van der Waals surface area contributed by atoms with E-state index < -0.39 is 0 Å². The van der Waals surface area contributed by atoms with Crippen LogP contribution in [0.1, 0.15) is 64.2 Å². The third-order valence-corrected chi connectivity index (χ3v) is 7.31. The summed E-state index contributed by atoms with van der Waals surface area (Å²) < 4.78 is 0. The number of rotatable bonds is 2. The van der Waals surface area contributed by atoms with Crippen molar-refractivity contribution in [3.63, 3.8) is 0 Å². The second-order valence-corrected chi connectivity index (χ2v) is 8.33. The molecule has 1 nitrogen and oxygen atoms in total. The Labute approximate surface area is 112 Å². The lowest BCUT2D eigenvalue weighted by molar-refractivity contribution is -0.137. The van der Waals surface area contributed by atoms with Gasteiger partial charge in [0, 0.05) is 5.54 Å². The quantitative estimate of drug-likeness (QED) is 0.711. The second kappa shape index (κ2) is 3.75. The zero-order valence-corrected chi connectivity index (χ0v) is 12.3. The molecular formula is C17H29N. The highest BCUT2D eigenvalue weighted by Gasteiger charge is 2.61. The predicted molar refractivity (Wildman–Crippen MR) is 75.5 cm³/mol. The summed E-state index contributed by atoms with van der Waals surface area (Å²) in [6.45, 7) is 0. The summed E-state index contributed by atoms with van der Waals surface area (Å²) in [6, 6.07) is 0. The normalized spacial score (nSPS) is 49.2. The van der Waals surface area contributed by atoms with Crippen LogP contribution in [0.2, 0.25) is 0 Å². The highest BCUT2D eigenvalue weighted by Crippen LogP contribution is 2.67. The Bertz CT molecular complexity index is 302. The minimum Gasteiger partial charge on any atom is -0.303 e. The molecule has 0 aromatic carbocycles. The van der Waals surface area contributed by atoms with Crippen molar-refractivity contribution in [3.8, 4) is 0 Å². The molecule has 5 aliphatic rings. The van der Waals surface area contributed by atoms with Crippen LogP contribution in [0.5, 0.6) is 0 Å². The Hall–Kier alpha value is -0.0400. The first-order valence-electron chi connectivity index (χ1n) is 8.31. The van der Waals surface area contributed by atoms with Crippen LogP contribution in [0, 0.1) is 23.2 Å². The zero-order valence-electron chi connectivity index (χ0n) is 12.3. The van der Waals surface area contributed by atoms with E-state index in [0.29, 0.717) is 5.54 Å². The molecule has 5 rings (SSSR count). The lowest BCUT2D eigenvalue weighted by Gasteiger charge is -2.65. The smallest absolute Gasteiger partial charge is 0.0260 e. The molecule has 0 aromatic heterocycles. The van der Waals surface area contributed by atoms with Crippen LogP contribution in [-0.4, -0.2) is 24.5 Å². The fourth-order valence-corrected chi connectivity index (χ4v) is 7.09. The van der Waals surface area contributed by atoms with E-state index in [1.807, 2.05) is 0 Å². The summed E-state index contributed by atoms with van der Waals surface area (Å²) in [5.41, 5.74) is 1.31. The standard InChI is InChI=1S/C17H29N/c1-18(2)17(5-3-4-6-17)16-10-13-7-14(11-16)9-15(8-13)12-16/h13-15H,3-12H2,1-2H3. The van der Waals surface area contributed by atoms with E-state index in [-0.39, 0.29) is 0 Å². The van der Waals surface area contributed by atoms with Crippen molar-refractivity contribution in [1.82, 2.24) is 4.90 Å². The lowest BCUT2D eigenvalue weighted by Crippen LogP contribution is -2.62. The van der Waals surface area contributed by atoms with E-state index in [1.54, 1.807) is 38.5 Å². The van der Waals surface area contributed by atoms with Gasteiger partial charge in [-0.25, -0.2) is 0 Å². The molecule has 102 valence electrons. The van der Waals surface area contributed by atoms with E-state index >= 15 is 0 Å². The van der Waals surface area contributed by atoms with Gasteiger partial charge >= 0.3 is 0 Å². The van der Waals surface area contributed by atoms with Crippen molar-refractivity contribution in [2.24, 2.45) is 23.2 Å². The van der Waals surface area contributed by atoms with Gasteiger partial charge in [-0.3, -0.25) is 0 Å². The first-order valence-corrected chi connectivity index (χ1v) is 8.31. The molecule has 1 heteroatoms. The largest absolute Gasteiger partial charge is 0.303 e. The first kappa shape index (κ1) is 11.8. The second-order valence-electron chi connectivity index (χ2n) is 8.33. The third-order valence-electron chi connectivity index (χ3n) is 7.31. The van der Waals surface area contributed by atoms with Crippen LogP contribution in [0.25, 0.3) is 0 Å². The van der Waals surface area contributed by atoms with Crippen molar-refractivity contribution >= 4 is 0 Å². The molecule has 0 unspecified atom stereocenters. The average molecular weight is 247 g/mol. The Morgan fingerprint density at radius 3 is 1.61 bits per heavy atom. The monoisotopic (exact) mass is 247 g/mol. The van der Waals surface area contributed by atoms with Gasteiger partial charge in [0.25, 0.3) is 0 Å². The average Bonchev–Trinajstić information content (AvgIpc) is 2.77. The molecule has 0 radical (unpaired) electrons. The fourth-order valence-electron chi connectivity index (χ4n) is 7.09. The van der Waals surface area contributed by atoms with Gasteiger partial charge < -0.3 is 4.90 Å². The minimum atomic E-state index is 0.586. The van der Waals surface area contributed by atoms with E-state index in [1.165, 1.54) is 25.7 Å². The van der Waals surface area contributed by atoms with Crippen LogP contribution in [0.3, 0.4) is 0 Å². The predicted octanol–water partition coefficient (Wildman–Crippen LogP) is 4.08. The topological polar surface area (TPSA) is 3.24 Å². The number of hydrogen-bond donors (Lipinski definition) is 0. The highest BCUT2D eigenvalue weighted by atomic mass is 15.2. The summed E-state index contributed by atoms with van der Waals surface area (Å²) in [7, 11) is 4.76. The number of hydrogen-bond acceptors (Lipinski definition) is 1. The maximum absolute atomic E-state index is 2.66. The summed E-state index contributed by atoms with van der Waals surface area (Å²) in [5.74, 6) is 3.32. The van der Waals surface area contributed by atoms with E-state index in [9.17, 15) is 0 Å². The van der Waals surface area contributed by atoms with Crippen molar-refractivity contribution in [3.05, 3.63) is 0 Å². The first-order chi connectivity index (χ1) is 8.64. The van der Waals surface area contributed by atoms with Crippen molar-refractivity contribution in [2.45, 2.75) is 69.7 Å². The van der Waals surface area contributed by atoms with Gasteiger partial charge in [-0.2, -0.15) is 0 Å². The van der Waals surface area contributed by atoms with Crippen LogP contribution in [0.4, 0.5) is 0 Å². The molecule has 0 atom stereocenters. The molecular weight excluding hydrogens is 218 g/mol. The molecule has 5 saturated carbocycles. The molecule has 5 aliphatic carbocycles. The van der Waals surface area contributed by atoms with Crippen molar-refractivity contribution < 1.29 is 0 Å². The number of nitrogens with zero attached hydrogens (tertiary/aromatic N) is 1. The van der Waals surface area contributed by atoms with Crippen LogP contribution < -0.4 is 0 Å². The maximum Gasteiger partial charge on any atom is 0.0260 e. The van der Waals surface area contributed by atoms with E-state index in [0.717, 1.165) is 23.2 Å². The fraction of sp³-hybridized carbons (Fsp3) is 1.00. The minimum absolute atomic E-state index is 0.586. The van der Waals surface area contributed by atoms with Gasteiger partial charge in [0.1, 0.15) is 0 Å². The summed E-state index contributed by atoms with van der Waals surface area (Å²) in [5, 5.41) is 0. The molecule has 0 aromatic rings. The molecule has 18 heavy (non-hydrogen) atoms. The Morgan fingerprint density at radius 1 is 0.778 bits per heavy atom. The van der Waals surface area contributed by atoms with Gasteiger partial charge in [-0.05, 0) is 88.6 Å². The zero-order chi connectivity index (χ0) is 12.4. The van der Waals surface area contributed by atoms with Gasteiger partial charge in [0.15, 0.2) is 0 Å². The Kier molecular flexibility index (Phi) is 2.45. The van der Waals surface area contributed by atoms with Crippen LogP contribution in [0.15, 0.2) is 0 Å². The van der Waals surface area contributed by atoms with Crippen LogP contribution >= 0.6 is 0 Å². The highest BCUT2D eigenvalue weighted by molar-refractivity contribution is 5.14. The van der Waals surface area contributed by atoms with Crippen molar-refractivity contribution in [1.29, 1.82) is 0 Å². The summed E-state index contributed by atoms with van der Waals surface area (Å²) in [6.07, 6.45) is 15.5. The lowest BCUT2D eigenvalue weighted by atomic mass is 9.44. The molecule has 0 aliphatic heterocycles. The molecule has 5 fully saturated rings. The van der Waals surface area contributed by atoms with Crippen molar-refractivity contribution in [2.75, 3.05) is 14.1 Å². The molecule has 4 bridgehead atoms. The van der Waals surface area contributed by atoms with E-state index in [4.69, 9.17) is 0 Å². The maximum atomic E-state index is 2.66. The van der Waals surface area contributed by atoms with Crippen LogP contribution in [-0.2, 0) is 0 Å². The molecule has 0 saturated heterocycles.